The molecule has 1 aliphatic rings. The number of thioether (sulfide) groups is 1. The number of hydrogen-bond donors (Lipinski definition) is 2. The molecule has 0 saturated heterocycles. The zero-order valence-corrected chi connectivity index (χ0v) is 14.9. The fourth-order valence-electron chi connectivity index (χ4n) is 2.92. The van der Waals surface area contributed by atoms with E-state index in [9.17, 15) is 14.8 Å². The van der Waals surface area contributed by atoms with Gasteiger partial charge in [-0.15, -0.1) is 0 Å². The molecule has 0 bridgehead atoms. The largest absolute Gasteiger partial charge is 0.391 e. The summed E-state index contributed by atoms with van der Waals surface area (Å²) in [6, 6.07) is 10.3. The maximum absolute atomic E-state index is 14.6. The molecule has 3 N–H and O–H groups in total. The van der Waals surface area contributed by atoms with E-state index >= 15 is 0 Å². The molecule has 0 saturated carbocycles. The number of amidine groups is 1. The number of nitrogens with zero attached hydrogens (tertiary/aromatic N) is 3. The number of hydrogen-bond acceptors (Lipinski definition) is 6. The van der Waals surface area contributed by atoms with E-state index in [4.69, 9.17) is 5.73 Å². The molecule has 0 spiro atoms. The summed E-state index contributed by atoms with van der Waals surface area (Å²) in [5, 5.41) is 18.9. The van der Waals surface area contributed by atoms with Crippen molar-refractivity contribution in [3.63, 3.8) is 0 Å². The Kier molecular flexibility index (Phi) is 5.07. The number of halogens is 1. The van der Waals surface area contributed by atoms with Crippen LogP contribution in [-0.2, 0) is 12.0 Å². The molecule has 1 aromatic heterocycles. The van der Waals surface area contributed by atoms with Crippen LogP contribution in [-0.4, -0.2) is 21.9 Å². The van der Waals surface area contributed by atoms with Crippen LogP contribution in [0.25, 0.3) is 0 Å². The van der Waals surface area contributed by atoms with Crippen molar-refractivity contribution in [3.05, 3.63) is 75.7 Å². The first-order valence-corrected chi connectivity index (χ1v) is 8.75. The lowest BCUT2D eigenvalue weighted by Crippen LogP contribution is -2.27. The molecule has 5 nitrogen and oxygen atoms in total. The molecule has 0 aliphatic carbocycles. The molecule has 0 radical (unpaired) electrons. The minimum Gasteiger partial charge on any atom is -0.391 e. The van der Waals surface area contributed by atoms with Crippen molar-refractivity contribution in [2.45, 2.75) is 18.9 Å². The SMILES string of the molecule is C[C@@]1(c2cc(Cc3ncccc3C#N)ccc2F)C=C(CO)SC(N)=N1. The third kappa shape index (κ3) is 3.62. The van der Waals surface area contributed by atoms with Gasteiger partial charge in [-0.25, -0.2) is 9.38 Å². The third-order valence-corrected chi connectivity index (χ3v) is 4.94. The fraction of sp³-hybridized carbons (Fsp3) is 0.211. The van der Waals surface area contributed by atoms with Crippen LogP contribution in [0.4, 0.5) is 4.39 Å². The van der Waals surface area contributed by atoms with Crippen LogP contribution in [0.15, 0.2) is 52.5 Å². The number of aliphatic hydroxyl groups excluding tert-OH is 1. The maximum Gasteiger partial charge on any atom is 0.159 e. The van der Waals surface area contributed by atoms with Gasteiger partial charge in [0.05, 0.1) is 17.9 Å². The molecule has 0 unspecified atom stereocenters. The molecule has 2 heterocycles. The Bertz CT molecular complexity index is 951. The number of pyridine rings is 1. The highest BCUT2D eigenvalue weighted by Gasteiger charge is 2.31. The second kappa shape index (κ2) is 7.28. The van der Waals surface area contributed by atoms with Gasteiger partial charge in [0.15, 0.2) is 5.17 Å². The monoisotopic (exact) mass is 368 g/mol. The molecule has 0 fully saturated rings. The normalized spacial score (nSPS) is 19.5. The lowest BCUT2D eigenvalue weighted by molar-refractivity contribution is 0.337. The Morgan fingerprint density at radius 1 is 1.38 bits per heavy atom. The maximum atomic E-state index is 14.6. The fourth-order valence-corrected chi connectivity index (χ4v) is 3.78. The number of aromatic nitrogens is 1. The van der Waals surface area contributed by atoms with Crippen LogP contribution >= 0.6 is 11.8 Å². The summed E-state index contributed by atoms with van der Waals surface area (Å²) in [4.78, 5) is 9.27. The van der Waals surface area contributed by atoms with Gasteiger partial charge >= 0.3 is 0 Å². The molecule has 1 aromatic carbocycles. The summed E-state index contributed by atoms with van der Waals surface area (Å²) in [6.45, 7) is 1.57. The van der Waals surface area contributed by atoms with Crippen molar-refractivity contribution in [2.24, 2.45) is 10.7 Å². The molecule has 1 atom stereocenters. The van der Waals surface area contributed by atoms with Crippen molar-refractivity contribution in [3.8, 4) is 6.07 Å². The molecule has 7 heteroatoms. The van der Waals surface area contributed by atoms with Crippen LogP contribution in [0.2, 0.25) is 0 Å². The Labute approximate surface area is 155 Å². The Morgan fingerprint density at radius 2 is 2.19 bits per heavy atom. The zero-order chi connectivity index (χ0) is 18.7. The highest BCUT2D eigenvalue weighted by atomic mass is 32.2. The van der Waals surface area contributed by atoms with Crippen LogP contribution in [0.1, 0.15) is 29.3 Å². The highest BCUT2D eigenvalue weighted by molar-refractivity contribution is 8.17. The number of benzene rings is 1. The number of nitrogens with two attached hydrogens (primary N) is 1. The molecular formula is C19H17FN4OS. The highest BCUT2D eigenvalue weighted by Crippen LogP contribution is 2.37. The van der Waals surface area contributed by atoms with Gasteiger partial charge in [0, 0.05) is 23.1 Å². The van der Waals surface area contributed by atoms with Crippen LogP contribution in [0.3, 0.4) is 0 Å². The Hall–Kier alpha value is -2.69. The van der Waals surface area contributed by atoms with Gasteiger partial charge in [-0.3, -0.25) is 4.98 Å². The topological polar surface area (TPSA) is 95.3 Å². The Morgan fingerprint density at radius 3 is 2.92 bits per heavy atom. The first-order chi connectivity index (χ1) is 12.4. The van der Waals surface area contributed by atoms with Gasteiger partial charge in [0.2, 0.25) is 0 Å². The summed E-state index contributed by atoms with van der Waals surface area (Å²) >= 11 is 1.17. The van der Waals surface area contributed by atoms with Crippen molar-refractivity contribution in [2.75, 3.05) is 6.61 Å². The summed E-state index contributed by atoms with van der Waals surface area (Å²) < 4.78 is 14.6. The van der Waals surface area contributed by atoms with Crippen molar-refractivity contribution in [1.82, 2.24) is 4.98 Å². The first-order valence-electron chi connectivity index (χ1n) is 7.94. The van der Waals surface area contributed by atoms with Gasteiger partial charge in [0.25, 0.3) is 0 Å². The zero-order valence-electron chi connectivity index (χ0n) is 14.1. The van der Waals surface area contributed by atoms with E-state index in [1.165, 1.54) is 17.8 Å². The van der Waals surface area contributed by atoms with Gasteiger partial charge in [0.1, 0.15) is 17.4 Å². The van der Waals surface area contributed by atoms with Gasteiger partial charge in [-0.1, -0.05) is 17.8 Å². The van der Waals surface area contributed by atoms with E-state index in [1.807, 2.05) is 0 Å². The standard InChI is InChI=1S/C19H17FN4OS/c1-19(9-14(11-25)26-18(22)24-19)15-7-12(4-5-16(15)20)8-17-13(10-21)3-2-6-23-17/h2-7,9,25H,8,11H2,1H3,(H2,22,24)/t19-/m0/s1. The summed E-state index contributed by atoms with van der Waals surface area (Å²) in [7, 11) is 0. The number of rotatable bonds is 4. The summed E-state index contributed by atoms with van der Waals surface area (Å²) in [5.74, 6) is -0.408. The van der Waals surface area contributed by atoms with Crippen molar-refractivity contribution >= 4 is 16.9 Å². The van der Waals surface area contributed by atoms with Crippen LogP contribution in [0, 0.1) is 17.1 Å². The average Bonchev–Trinajstić information content (AvgIpc) is 2.63. The van der Waals surface area contributed by atoms with E-state index in [0.29, 0.717) is 28.1 Å². The molecule has 26 heavy (non-hydrogen) atoms. The van der Waals surface area contributed by atoms with E-state index in [1.54, 1.807) is 43.5 Å². The predicted molar refractivity (Wildman–Crippen MR) is 99.9 cm³/mol. The summed E-state index contributed by atoms with van der Waals surface area (Å²) in [6.07, 6.45) is 3.75. The quantitative estimate of drug-likeness (QED) is 0.865. The van der Waals surface area contributed by atoms with Gasteiger partial charge in [-0.05, 0) is 42.8 Å². The summed E-state index contributed by atoms with van der Waals surface area (Å²) in [5.41, 5.74) is 7.14. The molecule has 2 aromatic rings. The minimum absolute atomic E-state index is 0.183. The van der Waals surface area contributed by atoms with Crippen LogP contribution < -0.4 is 5.73 Å². The predicted octanol–water partition coefficient (Wildman–Crippen LogP) is 2.84. The first kappa shape index (κ1) is 18.1. The van der Waals surface area contributed by atoms with Crippen molar-refractivity contribution < 1.29 is 9.50 Å². The lowest BCUT2D eigenvalue weighted by Gasteiger charge is -2.28. The number of aliphatic imine (C=N–C) groups is 1. The number of nitriles is 1. The van der Waals surface area contributed by atoms with E-state index in [2.05, 4.69) is 16.0 Å². The molecule has 132 valence electrons. The van der Waals surface area contributed by atoms with Gasteiger partial charge < -0.3 is 10.8 Å². The van der Waals surface area contributed by atoms with Crippen LogP contribution in [0.5, 0.6) is 0 Å². The minimum atomic E-state index is -1.00. The second-order valence-corrected chi connectivity index (χ2v) is 7.22. The second-order valence-electron chi connectivity index (χ2n) is 6.07. The molecular weight excluding hydrogens is 351 g/mol. The van der Waals surface area contributed by atoms with E-state index < -0.39 is 11.4 Å². The third-order valence-electron chi connectivity index (χ3n) is 4.13. The molecule has 1 aliphatic heterocycles. The van der Waals surface area contributed by atoms with Crippen molar-refractivity contribution in [1.29, 1.82) is 5.26 Å². The van der Waals surface area contributed by atoms with E-state index in [-0.39, 0.29) is 11.8 Å². The van der Waals surface area contributed by atoms with Gasteiger partial charge in [-0.2, -0.15) is 5.26 Å². The molecule has 0 amide bonds. The Balaban J connectivity index is 2.02. The average molecular weight is 368 g/mol. The lowest BCUT2D eigenvalue weighted by atomic mass is 9.89. The molecule has 3 rings (SSSR count). The number of aliphatic hydroxyl groups is 1. The van der Waals surface area contributed by atoms with E-state index in [0.717, 1.165) is 5.56 Å². The smallest absolute Gasteiger partial charge is 0.159 e.